The first kappa shape index (κ1) is 11.5. The second kappa shape index (κ2) is 5.36. The van der Waals surface area contributed by atoms with Gasteiger partial charge in [0.05, 0.1) is 36.9 Å². The van der Waals surface area contributed by atoms with Gasteiger partial charge in [0.2, 0.25) is 0 Å². The van der Waals surface area contributed by atoms with Crippen LogP contribution < -0.4 is 4.90 Å². The molecule has 17 heavy (non-hydrogen) atoms. The Hall–Kier alpha value is -2.01. The Morgan fingerprint density at radius 2 is 2.00 bits per heavy atom. The van der Waals surface area contributed by atoms with E-state index in [1.54, 1.807) is 18.6 Å². The summed E-state index contributed by atoms with van der Waals surface area (Å²) in [5.41, 5.74) is 1.54. The lowest BCUT2D eigenvalue weighted by molar-refractivity contribution is 0.276. The van der Waals surface area contributed by atoms with Crippen molar-refractivity contribution in [3.8, 4) is 0 Å². The van der Waals surface area contributed by atoms with Crippen LogP contribution in [0, 0.1) is 0 Å². The SMILES string of the molecule is CN(Cc1ccccn1)c1cnc(CO)cn1. The van der Waals surface area contributed by atoms with E-state index in [4.69, 9.17) is 5.11 Å². The zero-order valence-electron chi connectivity index (χ0n) is 9.61. The summed E-state index contributed by atoms with van der Waals surface area (Å²) in [5.74, 6) is 0.757. The summed E-state index contributed by atoms with van der Waals surface area (Å²) in [6.07, 6.45) is 4.99. The van der Waals surface area contributed by atoms with Gasteiger partial charge < -0.3 is 10.0 Å². The Morgan fingerprint density at radius 1 is 1.12 bits per heavy atom. The van der Waals surface area contributed by atoms with Crippen LogP contribution in [0.15, 0.2) is 36.8 Å². The Morgan fingerprint density at radius 3 is 2.59 bits per heavy atom. The van der Waals surface area contributed by atoms with Gasteiger partial charge in [-0.1, -0.05) is 6.07 Å². The number of pyridine rings is 1. The van der Waals surface area contributed by atoms with Gasteiger partial charge in [0, 0.05) is 13.2 Å². The minimum Gasteiger partial charge on any atom is -0.390 e. The molecule has 88 valence electrons. The third-order valence-corrected chi connectivity index (χ3v) is 2.37. The zero-order valence-corrected chi connectivity index (χ0v) is 9.61. The average Bonchev–Trinajstić information content (AvgIpc) is 2.40. The summed E-state index contributed by atoms with van der Waals surface area (Å²) in [6.45, 7) is 0.589. The molecule has 0 spiro atoms. The number of anilines is 1. The number of aliphatic hydroxyl groups excluding tert-OH is 1. The van der Waals surface area contributed by atoms with Crippen molar-refractivity contribution in [1.29, 1.82) is 0 Å². The van der Waals surface area contributed by atoms with E-state index in [9.17, 15) is 0 Å². The van der Waals surface area contributed by atoms with Crippen molar-refractivity contribution in [2.45, 2.75) is 13.2 Å². The number of aromatic nitrogens is 3. The predicted molar refractivity (Wildman–Crippen MR) is 64.3 cm³/mol. The lowest BCUT2D eigenvalue weighted by Crippen LogP contribution is -2.18. The smallest absolute Gasteiger partial charge is 0.147 e. The van der Waals surface area contributed by atoms with Crippen LogP contribution in [0.2, 0.25) is 0 Å². The largest absolute Gasteiger partial charge is 0.390 e. The second-order valence-electron chi connectivity index (χ2n) is 3.70. The van der Waals surface area contributed by atoms with E-state index in [1.165, 1.54) is 0 Å². The molecule has 0 aromatic carbocycles. The molecule has 2 heterocycles. The van der Waals surface area contributed by atoms with Gasteiger partial charge in [0.15, 0.2) is 0 Å². The highest BCUT2D eigenvalue weighted by Gasteiger charge is 2.04. The first-order chi connectivity index (χ1) is 8.29. The van der Waals surface area contributed by atoms with Gasteiger partial charge in [-0.2, -0.15) is 0 Å². The van der Waals surface area contributed by atoms with Crippen LogP contribution in [0.4, 0.5) is 5.82 Å². The molecule has 1 N–H and O–H groups in total. The van der Waals surface area contributed by atoms with Crippen LogP contribution in [0.25, 0.3) is 0 Å². The maximum absolute atomic E-state index is 8.88. The maximum atomic E-state index is 8.88. The predicted octanol–water partition coefficient (Wildman–Crippen LogP) is 1.00. The molecule has 5 nitrogen and oxygen atoms in total. The van der Waals surface area contributed by atoms with Gasteiger partial charge in [0.1, 0.15) is 5.82 Å². The van der Waals surface area contributed by atoms with Gasteiger partial charge in [-0.3, -0.25) is 9.97 Å². The Bertz CT molecular complexity index is 458. The monoisotopic (exact) mass is 230 g/mol. The first-order valence-corrected chi connectivity index (χ1v) is 5.32. The van der Waals surface area contributed by atoms with E-state index in [0.717, 1.165) is 11.5 Å². The van der Waals surface area contributed by atoms with Crippen molar-refractivity contribution in [2.75, 3.05) is 11.9 Å². The van der Waals surface area contributed by atoms with Crippen LogP contribution >= 0.6 is 0 Å². The number of hydrogen-bond acceptors (Lipinski definition) is 5. The molecule has 0 bridgehead atoms. The minimum atomic E-state index is -0.0861. The highest BCUT2D eigenvalue weighted by molar-refractivity contribution is 5.35. The molecule has 5 heteroatoms. The average molecular weight is 230 g/mol. The molecule has 0 fully saturated rings. The van der Waals surface area contributed by atoms with E-state index in [0.29, 0.717) is 12.2 Å². The Labute approximate surface area is 99.8 Å². The van der Waals surface area contributed by atoms with Gasteiger partial charge in [0.25, 0.3) is 0 Å². The lowest BCUT2D eigenvalue weighted by Gasteiger charge is -2.17. The summed E-state index contributed by atoms with van der Waals surface area (Å²) in [4.78, 5) is 14.5. The van der Waals surface area contributed by atoms with Crippen molar-refractivity contribution in [3.05, 3.63) is 48.2 Å². The van der Waals surface area contributed by atoms with Crippen LogP contribution in [0.3, 0.4) is 0 Å². The number of aliphatic hydroxyl groups is 1. The van der Waals surface area contributed by atoms with Crippen LogP contribution in [-0.2, 0) is 13.2 Å². The van der Waals surface area contributed by atoms with Gasteiger partial charge in [-0.25, -0.2) is 4.98 Å². The lowest BCUT2D eigenvalue weighted by atomic mass is 10.3. The molecule has 2 rings (SSSR count). The van der Waals surface area contributed by atoms with E-state index >= 15 is 0 Å². The summed E-state index contributed by atoms with van der Waals surface area (Å²) in [7, 11) is 1.93. The van der Waals surface area contributed by atoms with Crippen LogP contribution in [-0.4, -0.2) is 27.1 Å². The summed E-state index contributed by atoms with van der Waals surface area (Å²) < 4.78 is 0. The molecule has 0 aliphatic rings. The second-order valence-corrected chi connectivity index (χ2v) is 3.70. The standard InChI is InChI=1S/C12H14N4O/c1-16(8-10-4-2-3-5-13-10)12-7-14-11(9-17)6-15-12/h2-7,17H,8-9H2,1H3. The molecule has 0 unspecified atom stereocenters. The fraction of sp³-hybridized carbons (Fsp3) is 0.250. The zero-order chi connectivity index (χ0) is 12.1. The number of hydrogen-bond donors (Lipinski definition) is 1. The van der Waals surface area contributed by atoms with E-state index in [2.05, 4.69) is 15.0 Å². The highest BCUT2D eigenvalue weighted by Crippen LogP contribution is 2.09. The molecular weight excluding hydrogens is 216 g/mol. The quantitative estimate of drug-likeness (QED) is 0.849. The van der Waals surface area contributed by atoms with Crippen molar-refractivity contribution < 1.29 is 5.11 Å². The fourth-order valence-electron chi connectivity index (χ4n) is 1.44. The highest BCUT2D eigenvalue weighted by atomic mass is 16.3. The Kier molecular flexibility index (Phi) is 3.62. The molecule has 0 aliphatic heterocycles. The van der Waals surface area contributed by atoms with E-state index in [-0.39, 0.29) is 6.61 Å². The van der Waals surface area contributed by atoms with Crippen molar-refractivity contribution >= 4 is 5.82 Å². The summed E-state index contributed by atoms with van der Waals surface area (Å²) >= 11 is 0. The molecule has 0 radical (unpaired) electrons. The van der Waals surface area contributed by atoms with Gasteiger partial charge >= 0.3 is 0 Å². The molecule has 0 aliphatic carbocycles. The Balaban J connectivity index is 2.06. The minimum absolute atomic E-state index is 0.0861. The third kappa shape index (κ3) is 2.98. The molecule has 0 saturated heterocycles. The first-order valence-electron chi connectivity index (χ1n) is 5.32. The molecular formula is C12H14N4O. The molecule has 0 saturated carbocycles. The maximum Gasteiger partial charge on any atom is 0.147 e. The third-order valence-electron chi connectivity index (χ3n) is 2.37. The molecule has 2 aromatic heterocycles. The number of rotatable bonds is 4. The summed E-state index contributed by atoms with van der Waals surface area (Å²) in [6, 6.07) is 5.81. The van der Waals surface area contributed by atoms with Crippen molar-refractivity contribution in [1.82, 2.24) is 15.0 Å². The molecule has 0 amide bonds. The fourth-order valence-corrected chi connectivity index (χ4v) is 1.44. The van der Waals surface area contributed by atoms with Crippen molar-refractivity contribution in [2.24, 2.45) is 0 Å². The summed E-state index contributed by atoms with van der Waals surface area (Å²) in [5, 5.41) is 8.88. The topological polar surface area (TPSA) is 62.1 Å². The van der Waals surface area contributed by atoms with Gasteiger partial charge in [-0.05, 0) is 12.1 Å². The van der Waals surface area contributed by atoms with E-state index in [1.807, 2.05) is 30.1 Å². The number of nitrogens with zero attached hydrogens (tertiary/aromatic N) is 4. The van der Waals surface area contributed by atoms with Crippen LogP contribution in [0.1, 0.15) is 11.4 Å². The van der Waals surface area contributed by atoms with Gasteiger partial charge in [-0.15, -0.1) is 0 Å². The molecule has 2 aromatic rings. The van der Waals surface area contributed by atoms with Crippen LogP contribution in [0.5, 0.6) is 0 Å². The van der Waals surface area contributed by atoms with Crippen molar-refractivity contribution in [3.63, 3.8) is 0 Å². The van der Waals surface area contributed by atoms with E-state index < -0.39 is 0 Å². The molecule has 0 atom stereocenters. The normalized spacial score (nSPS) is 10.2.